The molecule has 0 unspecified atom stereocenters. The second-order valence-electron chi connectivity index (χ2n) is 7.29. The number of anilines is 1. The van der Waals surface area contributed by atoms with Crippen molar-refractivity contribution in [3.63, 3.8) is 0 Å². The predicted molar refractivity (Wildman–Crippen MR) is 127 cm³/mol. The van der Waals surface area contributed by atoms with Crippen LogP contribution in [0.25, 0.3) is 11.0 Å². The minimum Gasteiger partial charge on any atom is -0.328 e. The van der Waals surface area contributed by atoms with Crippen molar-refractivity contribution in [2.45, 2.75) is 45.1 Å². The number of carbonyl (C=O) groups excluding carboxylic acids is 1. The maximum absolute atomic E-state index is 12.9. The van der Waals surface area contributed by atoms with Gasteiger partial charge in [0.25, 0.3) is 0 Å². The van der Waals surface area contributed by atoms with Crippen LogP contribution in [0.4, 0.5) is 5.69 Å². The molecule has 3 aromatic rings. The normalized spacial score (nSPS) is 11.6. The second-order valence-corrected chi connectivity index (χ2v) is 9.22. The predicted octanol–water partition coefficient (Wildman–Crippen LogP) is 3.64. The van der Waals surface area contributed by atoms with Crippen LogP contribution in [0.5, 0.6) is 0 Å². The van der Waals surface area contributed by atoms with Gasteiger partial charge < -0.3 is 9.88 Å². The maximum Gasteiger partial charge on any atom is 0.243 e. The van der Waals surface area contributed by atoms with Crippen LogP contribution in [-0.2, 0) is 27.8 Å². The molecule has 0 bridgehead atoms. The summed E-state index contributed by atoms with van der Waals surface area (Å²) in [5.74, 6) is 3.15. The van der Waals surface area contributed by atoms with E-state index in [1.807, 2.05) is 25.3 Å². The lowest BCUT2D eigenvalue weighted by Gasteiger charge is -2.18. The molecule has 0 saturated heterocycles. The zero-order valence-electron chi connectivity index (χ0n) is 18.6. The Balaban J connectivity index is 1.81. The van der Waals surface area contributed by atoms with Gasteiger partial charge in [0.2, 0.25) is 15.9 Å². The molecule has 2 aromatic carbocycles. The van der Waals surface area contributed by atoms with Gasteiger partial charge in [-0.25, -0.2) is 13.4 Å². The highest BCUT2D eigenvalue weighted by atomic mass is 32.2. The van der Waals surface area contributed by atoms with E-state index in [0.717, 1.165) is 11.3 Å². The van der Waals surface area contributed by atoms with Crippen LogP contribution >= 0.6 is 0 Å². The van der Waals surface area contributed by atoms with Gasteiger partial charge in [-0.3, -0.25) is 4.79 Å². The number of aryl methyl sites for hydroxylation is 2. The zero-order chi connectivity index (χ0) is 23.3. The van der Waals surface area contributed by atoms with Crippen molar-refractivity contribution in [2.75, 3.05) is 18.4 Å². The second kappa shape index (κ2) is 9.98. The SMILES string of the molecule is C#Cc1cccc(NC(=O)CCc2nc3cc(S(=O)(=O)N(CC)CC)ccc3n2CC)c1. The number of hydrogen-bond acceptors (Lipinski definition) is 4. The summed E-state index contributed by atoms with van der Waals surface area (Å²) in [4.78, 5) is 17.3. The number of fused-ring (bicyclic) bond motifs is 1. The summed E-state index contributed by atoms with van der Waals surface area (Å²) in [6, 6.07) is 12.2. The number of nitrogens with one attached hydrogen (secondary N) is 1. The fourth-order valence-electron chi connectivity index (χ4n) is 3.71. The highest BCUT2D eigenvalue weighted by Gasteiger charge is 2.23. The summed E-state index contributed by atoms with van der Waals surface area (Å²) in [5.41, 5.74) is 2.81. The van der Waals surface area contributed by atoms with E-state index in [4.69, 9.17) is 6.42 Å². The van der Waals surface area contributed by atoms with Crippen molar-refractivity contribution in [3.8, 4) is 12.3 Å². The van der Waals surface area contributed by atoms with Gasteiger partial charge in [-0.05, 0) is 43.3 Å². The summed E-state index contributed by atoms with van der Waals surface area (Å²) < 4.78 is 29.2. The molecule has 0 aliphatic heterocycles. The van der Waals surface area contributed by atoms with E-state index in [1.165, 1.54) is 4.31 Å². The molecule has 0 atom stereocenters. The van der Waals surface area contributed by atoms with Crippen molar-refractivity contribution in [3.05, 3.63) is 53.9 Å². The molecule has 1 amide bonds. The fourth-order valence-corrected chi connectivity index (χ4v) is 5.19. The van der Waals surface area contributed by atoms with Crippen molar-refractivity contribution >= 4 is 32.7 Å². The molecule has 0 radical (unpaired) electrons. The van der Waals surface area contributed by atoms with Crippen molar-refractivity contribution in [2.24, 2.45) is 0 Å². The quantitative estimate of drug-likeness (QED) is 0.503. The molecule has 0 aliphatic rings. The minimum absolute atomic E-state index is 0.140. The third-order valence-electron chi connectivity index (χ3n) is 5.35. The summed E-state index contributed by atoms with van der Waals surface area (Å²) in [6.45, 7) is 7.11. The number of benzene rings is 2. The highest BCUT2D eigenvalue weighted by Crippen LogP contribution is 2.23. The van der Waals surface area contributed by atoms with Crippen LogP contribution in [0.2, 0.25) is 0 Å². The number of nitrogens with zero attached hydrogens (tertiary/aromatic N) is 3. The largest absolute Gasteiger partial charge is 0.328 e. The van der Waals surface area contributed by atoms with E-state index >= 15 is 0 Å². The molecule has 8 heteroatoms. The Labute approximate surface area is 189 Å². The molecule has 168 valence electrons. The monoisotopic (exact) mass is 452 g/mol. The van der Waals surface area contributed by atoms with Gasteiger partial charge in [0.05, 0.1) is 15.9 Å². The number of terminal acetylenes is 1. The number of sulfonamides is 1. The van der Waals surface area contributed by atoms with Gasteiger partial charge in [0.15, 0.2) is 0 Å². The van der Waals surface area contributed by atoms with Crippen LogP contribution in [0, 0.1) is 12.3 Å². The first kappa shape index (κ1) is 23.5. The molecule has 32 heavy (non-hydrogen) atoms. The molecule has 0 saturated carbocycles. The van der Waals surface area contributed by atoms with Crippen molar-refractivity contribution in [1.29, 1.82) is 0 Å². The Morgan fingerprint density at radius 3 is 2.56 bits per heavy atom. The van der Waals surface area contributed by atoms with Crippen LogP contribution < -0.4 is 5.32 Å². The number of amides is 1. The Bertz CT molecular complexity index is 1270. The molecular weight excluding hydrogens is 424 g/mol. The molecule has 0 spiro atoms. The Kier molecular flexibility index (Phi) is 7.33. The number of imidazole rings is 1. The summed E-state index contributed by atoms with van der Waals surface area (Å²) in [7, 11) is -3.56. The van der Waals surface area contributed by atoms with E-state index in [1.54, 1.807) is 42.5 Å². The van der Waals surface area contributed by atoms with Crippen LogP contribution in [0.3, 0.4) is 0 Å². The Morgan fingerprint density at radius 2 is 1.91 bits per heavy atom. The van der Waals surface area contributed by atoms with E-state index in [2.05, 4.69) is 16.2 Å². The number of rotatable bonds is 9. The summed E-state index contributed by atoms with van der Waals surface area (Å²) >= 11 is 0. The molecule has 3 rings (SSSR count). The number of hydrogen-bond donors (Lipinski definition) is 1. The van der Waals surface area contributed by atoms with Crippen LogP contribution in [0.1, 0.15) is 38.6 Å². The molecule has 0 fully saturated rings. The Morgan fingerprint density at radius 1 is 1.16 bits per heavy atom. The first-order chi connectivity index (χ1) is 15.3. The average molecular weight is 453 g/mol. The first-order valence-corrected chi connectivity index (χ1v) is 12.1. The van der Waals surface area contributed by atoms with E-state index in [0.29, 0.717) is 42.8 Å². The fraction of sp³-hybridized carbons (Fsp3) is 0.333. The smallest absolute Gasteiger partial charge is 0.243 e. The standard InChI is InChI=1S/C24H28N4O3S/c1-5-18-10-9-11-19(16-18)25-24(29)15-14-23-26-21-17-20(12-13-22(21)28(23)8-4)32(30,31)27(6-2)7-3/h1,9-13,16-17H,6-8,14-15H2,2-4H3,(H,25,29). The molecule has 1 heterocycles. The van der Waals surface area contributed by atoms with Crippen LogP contribution in [0.15, 0.2) is 47.4 Å². The van der Waals surface area contributed by atoms with Gasteiger partial charge >= 0.3 is 0 Å². The van der Waals surface area contributed by atoms with Crippen molar-refractivity contribution < 1.29 is 13.2 Å². The topological polar surface area (TPSA) is 84.3 Å². The van der Waals surface area contributed by atoms with E-state index < -0.39 is 10.0 Å². The summed E-state index contributed by atoms with van der Waals surface area (Å²) in [5, 5.41) is 2.86. The van der Waals surface area contributed by atoms with E-state index in [9.17, 15) is 13.2 Å². The number of aromatic nitrogens is 2. The molecule has 0 aliphatic carbocycles. The molecule has 1 N–H and O–H groups in total. The summed E-state index contributed by atoms with van der Waals surface area (Å²) in [6.07, 6.45) is 6.08. The lowest BCUT2D eigenvalue weighted by molar-refractivity contribution is -0.116. The first-order valence-electron chi connectivity index (χ1n) is 10.7. The van der Waals surface area contributed by atoms with Gasteiger partial charge in [-0.15, -0.1) is 6.42 Å². The Hall–Kier alpha value is -3.15. The molecule has 7 nitrogen and oxygen atoms in total. The van der Waals surface area contributed by atoms with Crippen LogP contribution in [-0.4, -0.2) is 41.3 Å². The lowest BCUT2D eigenvalue weighted by Crippen LogP contribution is -2.30. The minimum atomic E-state index is -3.56. The average Bonchev–Trinajstić information content (AvgIpc) is 3.15. The zero-order valence-corrected chi connectivity index (χ0v) is 19.4. The van der Waals surface area contributed by atoms with E-state index in [-0.39, 0.29) is 17.2 Å². The van der Waals surface area contributed by atoms with Gasteiger partial charge in [0, 0.05) is 43.7 Å². The van der Waals surface area contributed by atoms with Crippen molar-refractivity contribution in [1.82, 2.24) is 13.9 Å². The van der Waals surface area contributed by atoms with Gasteiger partial charge in [-0.2, -0.15) is 4.31 Å². The number of carbonyl (C=O) groups is 1. The molecular formula is C24H28N4O3S. The third kappa shape index (κ3) is 4.85. The maximum atomic E-state index is 12.9. The lowest BCUT2D eigenvalue weighted by atomic mass is 10.2. The molecule has 1 aromatic heterocycles. The van der Waals surface area contributed by atoms with Gasteiger partial charge in [-0.1, -0.05) is 25.8 Å². The highest BCUT2D eigenvalue weighted by molar-refractivity contribution is 7.89. The third-order valence-corrected chi connectivity index (χ3v) is 7.39. The van der Waals surface area contributed by atoms with Gasteiger partial charge in [0.1, 0.15) is 5.82 Å².